The SMILES string of the molecule is O=C(O)CS(CC(=O)O)=C(O)O. The predicted molar refractivity (Wildman–Crippen MR) is 42.9 cm³/mol. The van der Waals surface area contributed by atoms with Gasteiger partial charge in [0.1, 0.15) is 0 Å². The number of carbonyl (C=O) groups is 2. The molecule has 0 aromatic rings. The molecule has 0 aromatic heterocycles. The number of carboxylic acids is 2. The zero-order valence-electron chi connectivity index (χ0n) is 5.93. The van der Waals surface area contributed by atoms with Gasteiger partial charge < -0.3 is 20.4 Å². The molecule has 0 spiro atoms. The molecule has 0 saturated carbocycles. The quantitative estimate of drug-likeness (QED) is 0.456. The summed E-state index contributed by atoms with van der Waals surface area (Å²) in [7, 11) is -1.51. The molecule has 4 N–H and O–H groups in total. The topological polar surface area (TPSA) is 115 Å². The molecule has 70 valence electrons. The van der Waals surface area contributed by atoms with Crippen molar-refractivity contribution in [2.45, 2.75) is 0 Å². The Morgan fingerprint density at radius 1 is 0.917 bits per heavy atom. The molecule has 0 radical (unpaired) electrons. The van der Waals surface area contributed by atoms with Crippen molar-refractivity contribution < 1.29 is 30.0 Å². The Morgan fingerprint density at radius 3 is 1.42 bits per heavy atom. The third-order valence-electron chi connectivity index (χ3n) is 0.854. The van der Waals surface area contributed by atoms with Crippen molar-refractivity contribution in [2.75, 3.05) is 11.5 Å². The highest BCUT2D eigenvalue weighted by molar-refractivity contribution is 8.16. The molecule has 0 saturated heterocycles. The number of aliphatic hydroxyl groups excluding tert-OH is 1. The molecule has 7 heteroatoms. The van der Waals surface area contributed by atoms with Crippen LogP contribution in [-0.4, -0.2) is 49.1 Å². The Hall–Kier alpha value is -0.920. The van der Waals surface area contributed by atoms with Crippen molar-refractivity contribution in [3.8, 4) is 0 Å². The maximum Gasteiger partial charge on any atom is 0.313 e. The Labute approximate surface area is 70.0 Å². The highest BCUT2D eigenvalue weighted by Gasteiger charge is 2.10. The van der Waals surface area contributed by atoms with E-state index in [1.807, 2.05) is 0 Å². The zero-order chi connectivity index (χ0) is 9.72. The van der Waals surface area contributed by atoms with Crippen LogP contribution < -0.4 is 0 Å². The minimum Gasteiger partial charge on any atom is -0.481 e. The first-order valence-electron chi connectivity index (χ1n) is 2.79. The first kappa shape index (κ1) is 11.1. The average molecular weight is 196 g/mol. The monoisotopic (exact) mass is 196 g/mol. The van der Waals surface area contributed by atoms with Gasteiger partial charge in [-0.15, -0.1) is 10.5 Å². The summed E-state index contributed by atoms with van der Waals surface area (Å²) in [5.74, 6) is -3.68. The molecule has 0 bridgehead atoms. The normalized spacial score (nSPS) is 9.92. The lowest BCUT2D eigenvalue weighted by Gasteiger charge is -2.02. The van der Waals surface area contributed by atoms with E-state index in [2.05, 4.69) is 0 Å². The fourth-order valence-corrected chi connectivity index (χ4v) is 1.43. The summed E-state index contributed by atoms with van der Waals surface area (Å²) >= 11 is 0. The van der Waals surface area contributed by atoms with Gasteiger partial charge in [0.15, 0.2) is 0 Å². The number of aliphatic hydroxyl groups is 2. The smallest absolute Gasteiger partial charge is 0.313 e. The summed E-state index contributed by atoms with van der Waals surface area (Å²) < 4.78 is 0. The molecule has 0 atom stereocenters. The van der Waals surface area contributed by atoms with Crippen molar-refractivity contribution in [2.24, 2.45) is 0 Å². The van der Waals surface area contributed by atoms with Crippen LogP contribution in [0.3, 0.4) is 0 Å². The summed E-state index contributed by atoms with van der Waals surface area (Å²) in [6.45, 7) is 0. The van der Waals surface area contributed by atoms with E-state index in [1.165, 1.54) is 0 Å². The van der Waals surface area contributed by atoms with E-state index in [9.17, 15) is 9.59 Å². The summed E-state index contributed by atoms with van der Waals surface area (Å²) in [6, 6.07) is 0. The van der Waals surface area contributed by atoms with E-state index in [4.69, 9.17) is 20.4 Å². The summed E-state index contributed by atoms with van der Waals surface area (Å²) in [5, 5.41) is 32.3. The van der Waals surface area contributed by atoms with Gasteiger partial charge in [-0.3, -0.25) is 9.59 Å². The van der Waals surface area contributed by atoms with Crippen molar-refractivity contribution in [1.82, 2.24) is 0 Å². The van der Waals surface area contributed by atoms with Gasteiger partial charge in [-0.2, -0.15) is 0 Å². The van der Waals surface area contributed by atoms with Crippen LogP contribution in [0.25, 0.3) is 0 Å². The Kier molecular flexibility index (Phi) is 4.49. The summed E-state index contributed by atoms with van der Waals surface area (Å²) in [6.07, 6.45) is 0. The standard InChI is InChI=1S/C5H8O6S/c6-3(7)1-12(5(10)11)2-4(8)9/h10-11H,1-2H2,(H,6,7)(H,8,9). The third-order valence-corrected chi connectivity index (χ3v) is 2.56. The number of carboxylic acid groups (broad SMARTS) is 2. The van der Waals surface area contributed by atoms with Gasteiger partial charge in [0, 0.05) is 0 Å². The molecule has 6 nitrogen and oxygen atoms in total. The first-order chi connectivity index (χ1) is 5.43. The number of aliphatic carboxylic acids is 2. The number of hydrogen-bond acceptors (Lipinski definition) is 2. The average Bonchev–Trinajstić information content (AvgIpc) is 1.83. The molecular formula is C5H8O6S. The molecule has 0 fully saturated rings. The molecule has 0 heterocycles. The van der Waals surface area contributed by atoms with Gasteiger partial charge in [-0.1, -0.05) is 0 Å². The van der Waals surface area contributed by atoms with E-state index < -0.39 is 39.2 Å². The Bertz CT molecular complexity index is 210. The fraction of sp³-hybridized carbons (Fsp3) is 0.400. The van der Waals surface area contributed by atoms with Gasteiger partial charge >= 0.3 is 11.9 Å². The molecule has 0 rings (SSSR count). The fourth-order valence-electron chi connectivity index (χ4n) is 0.478. The first-order valence-corrected chi connectivity index (χ1v) is 4.35. The van der Waals surface area contributed by atoms with E-state index in [0.717, 1.165) is 0 Å². The lowest BCUT2D eigenvalue weighted by atomic mass is 10.8. The lowest BCUT2D eigenvalue weighted by Crippen LogP contribution is -2.12. The van der Waals surface area contributed by atoms with Gasteiger partial charge in [0.05, 0.1) is 11.5 Å². The highest BCUT2D eigenvalue weighted by Crippen LogP contribution is 2.12. The van der Waals surface area contributed by atoms with Crippen LogP contribution >= 0.6 is 10.5 Å². The highest BCUT2D eigenvalue weighted by atomic mass is 32.2. The van der Waals surface area contributed by atoms with E-state index >= 15 is 0 Å². The van der Waals surface area contributed by atoms with Crippen molar-refractivity contribution >= 4 is 27.7 Å². The van der Waals surface area contributed by atoms with Crippen molar-refractivity contribution in [3.05, 3.63) is 0 Å². The second-order valence-electron chi connectivity index (χ2n) is 1.85. The molecule has 0 amide bonds. The molecule has 0 aromatic carbocycles. The van der Waals surface area contributed by atoms with E-state index in [-0.39, 0.29) is 0 Å². The largest absolute Gasteiger partial charge is 0.481 e. The van der Waals surface area contributed by atoms with Crippen LogP contribution in [0, 0.1) is 0 Å². The Balaban J connectivity index is 4.37. The van der Waals surface area contributed by atoms with Crippen LogP contribution in [-0.2, 0) is 9.59 Å². The van der Waals surface area contributed by atoms with Gasteiger partial charge in [-0.25, -0.2) is 0 Å². The van der Waals surface area contributed by atoms with Gasteiger partial charge in [0.25, 0.3) is 0 Å². The second-order valence-corrected chi connectivity index (χ2v) is 3.78. The molecule has 0 aliphatic carbocycles. The lowest BCUT2D eigenvalue weighted by molar-refractivity contribution is -0.134. The summed E-state index contributed by atoms with van der Waals surface area (Å²) in [4.78, 5) is 20.1. The van der Waals surface area contributed by atoms with Gasteiger partial charge in [-0.05, 0) is 0 Å². The third kappa shape index (κ3) is 4.83. The second kappa shape index (κ2) is 4.86. The molecular weight excluding hydrogens is 188 g/mol. The minimum atomic E-state index is -1.51. The van der Waals surface area contributed by atoms with E-state index in [0.29, 0.717) is 0 Å². The molecule has 0 aliphatic rings. The maximum absolute atomic E-state index is 10.1. The van der Waals surface area contributed by atoms with Crippen LogP contribution in [0.1, 0.15) is 0 Å². The van der Waals surface area contributed by atoms with Crippen LogP contribution in [0.2, 0.25) is 0 Å². The number of rotatable bonds is 4. The predicted octanol–water partition coefficient (Wildman–Crippen LogP) is -0.372. The van der Waals surface area contributed by atoms with Crippen molar-refractivity contribution in [1.29, 1.82) is 0 Å². The summed E-state index contributed by atoms with van der Waals surface area (Å²) in [5.41, 5.74) is 0. The molecule has 0 aliphatic heterocycles. The van der Waals surface area contributed by atoms with Crippen LogP contribution in [0.15, 0.2) is 0 Å². The molecule has 0 unspecified atom stereocenters. The van der Waals surface area contributed by atoms with Crippen LogP contribution in [0.5, 0.6) is 0 Å². The van der Waals surface area contributed by atoms with Crippen LogP contribution in [0.4, 0.5) is 0 Å². The molecule has 12 heavy (non-hydrogen) atoms. The number of hydrogen-bond donors (Lipinski definition) is 4. The minimum absolute atomic E-state index is 0.575. The Morgan fingerprint density at radius 2 is 1.25 bits per heavy atom. The van der Waals surface area contributed by atoms with Gasteiger partial charge in [0.2, 0.25) is 5.24 Å². The zero-order valence-corrected chi connectivity index (χ0v) is 6.74. The van der Waals surface area contributed by atoms with E-state index in [1.54, 1.807) is 0 Å². The van der Waals surface area contributed by atoms with Crippen molar-refractivity contribution in [3.63, 3.8) is 0 Å². The maximum atomic E-state index is 10.1.